The molecule has 1 aliphatic heterocycles. The quantitative estimate of drug-likeness (QED) is 0.581. The van der Waals surface area contributed by atoms with E-state index >= 15 is 0 Å². The number of carbonyl (C=O) groups is 2. The zero-order valence-corrected chi connectivity index (χ0v) is 19.2. The van der Waals surface area contributed by atoms with Gasteiger partial charge in [-0.3, -0.25) is 14.5 Å². The summed E-state index contributed by atoms with van der Waals surface area (Å²) in [6.45, 7) is 0. The molecule has 0 radical (unpaired) electrons. The van der Waals surface area contributed by atoms with Crippen LogP contribution < -0.4 is 10.2 Å². The Hall–Kier alpha value is -2.87. The Kier molecular flexibility index (Phi) is 5.99. The molecule has 0 spiro atoms. The average molecular weight is 489 g/mol. The second-order valence-electron chi connectivity index (χ2n) is 7.45. The third-order valence-electron chi connectivity index (χ3n) is 5.18. The van der Waals surface area contributed by atoms with Crippen molar-refractivity contribution in [1.29, 1.82) is 0 Å². The maximum atomic E-state index is 13.6. The van der Waals surface area contributed by atoms with E-state index in [2.05, 4.69) is 5.32 Å². The SMILES string of the molecule is CS(=O)(=O)c1ccc2c(c1)NC(=O)C(Cc1ccccc1)N2C(=O)c1ccc(Cl)cc1Cl. The Bertz CT molecular complexity index is 1330. The predicted octanol–water partition coefficient (Wildman–Crippen LogP) is 4.61. The Labute approximate surface area is 195 Å². The number of fused-ring (bicyclic) bond motifs is 1. The largest absolute Gasteiger partial charge is 0.322 e. The minimum Gasteiger partial charge on any atom is -0.322 e. The Morgan fingerprint density at radius 2 is 1.75 bits per heavy atom. The Balaban J connectivity index is 1.85. The maximum Gasteiger partial charge on any atom is 0.260 e. The van der Waals surface area contributed by atoms with Gasteiger partial charge in [-0.05, 0) is 42.0 Å². The molecule has 3 aromatic carbocycles. The molecule has 1 atom stereocenters. The number of sulfone groups is 1. The zero-order valence-electron chi connectivity index (χ0n) is 16.9. The second-order valence-corrected chi connectivity index (χ2v) is 10.3. The predicted molar refractivity (Wildman–Crippen MR) is 125 cm³/mol. The van der Waals surface area contributed by atoms with Gasteiger partial charge in [-0.2, -0.15) is 0 Å². The Morgan fingerprint density at radius 3 is 2.41 bits per heavy atom. The first-order valence-electron chi connectivity index (χ1n) is 9.62. The number of nitrogens with zero attached hydrogens (tertiary/aromatic N) is 1. The smallest absolute Gasteiger partial charge is 0.260 e. The van der Waals surface area contributed by atoms with Crippen LogP contribution in [0.2, 0.25) is 10.0 Å². The summed E-state index contributed by atoms with van der Waals surface area (Å²) in [6.07, 6.45) is 1.34. The molecule has 9 heteroatoms. The summed E-state index contributed by atoms with van der Waals surface area (Å²) in [5, 5.41) is 3.28. The summed E-state index contributed by atoms with van der Waals surface area (Å²) < 4.78 is 24.0. The van der Waals surface area contributed by atoms with Gasteiger partial charge < -0.3 is 5.32 Å². The molecular weight excluding hydrogens is 471 g/mol. The normalized spacial score (nSPS) is 15.8. The lowest BCUT2D eigenvalue weighted by molar-refractivity contribution is -0.117. The highest BCUT2D eigenvalue weighted by Gasteiger charge is 2.38. The molecular formula is C23H18Cl2N2O4S. The number of carbonyl (C=O) groups excluding carboxylic acids is 2. The number of nitrogens with one attached hydrogen (secondary N) is 1. The van der Waals surface area contributed by atoms with Crippen molar-refractivity contribution < 1.29 is 18.0 Å². The van der Waals surface area contributed by atoms with Crippen molar-refractivity contribution in [3.8, 4) is 0 Å². The van der Waals surface area contributed by atoms with Crippen molar-refractivity contribution in [2.45, 2.75) is 17.4 Å². The molecule has 3 aromatic rings. The van der Waals surface area contributed by atoms with Crippen LogP contribution in [-0.2, 0) is 21.1 Å². The van der Waals surface area contributed by atoms with E-state index in [1.165, 1.54) is 35.2 Å². The molecule has 1 heterocycles. The van der Waals surface area contributed by atoms with Gasteiger partial charge in [-0.25, -0.2) is 8.42 Å². The molecule has 1 unspecified atom stereocenters. The molecule has 0 bridgehead atoms. The summed E-state index contributed by atoms with van der Waals surface area (Å²) in [4.78, 5) is 28.1. The summed E-state index contributed by atoms with van der Waals surface area (Å²) >= 11 is 12.3. The van der Waals surface area contributed by atoms with Crippen LogP contribution in [0.3, 0.4) is 0 Å². The van der Waals surface area contributed by atoms with Crippen molar-refractivity contribution >= 4 is 56.2 Å². The summed E-state index contributed by atoms with van der Waals surface area (Å²) in [6, 6.07) is 17.2. The van der Waals surface area contributed by atoms with Gasteiger partial charge in [0.15, 0.2) is 9.84 Å². The molecule has 0 fully saturated rings. The van der Waals surface area contributed by atoms with Gasteiger partial charge in [0, 0.05) is 17.7 Å². The van der Waals surface area contributed by atoms with Crippen LogP contribution in [0.25, 0.3) is 0 Å². The fraction of sp³-hybridized carbons (Fsp3) is 0.130. The standard InChI is InChI=1S/C23H18Cl2N2O4S/c1-32(30,31)16-8-10-20-19(13-16)26-22(28)21(11-14-5-3-2-4-6-14)27(20)23(29)17-9-7-15(24)12-18(17)25/h2-10,12-13,21H,11H2,1H3,(H,26,28). The van der Waals surface area contributed by atoms with Crippen molar-refractivity contribution in [1.82, 2.24) is 0 Å². The molecule has 0 saturated carbocycles. The summed E-state index contributed by atoms with van der Waals surface area (Å²) in [5.74, 6) is -0.916. The molecule has 0 aromatic heterocycles. The minimum atomic E-state index is -3.51. The third kappa shape index (κ3) is 4.37. The number of amides is 2. The first-order chi connectivity index (χ1) is 15.1. The molecule has 4 rings (SSSR count). The van der Waals surface area contributed by atoms with Gasteiger partial charge in [-0.1, -0.05) is 53.5 Å². The summed E-state index contributed by atoms with van der Waals surface area (Å²) in [5.41, 5.74) is 1.67. The van der Waals surface area contributed by atoms with Crippen LogP contribution in [-0.4, -0.2) is 32.5 Å². The van der Waals surface area contributed by atoms with E-state index in [1.54, 1.807) is 6.07 Å². The molecule has 1 N–H and O–H groups in total. The van der Waals surface area contributed by atoms with E-state index < -0.39 is 27.7 Å². The van der Waals surface area contributed by atoms with Crippen LogP contribution in [0.15, 0.2) is 71.6 Å². The topological polar surface area (TPSA) is 83.6 Å². The number of rotatable bonds is 4. The highest BCUT2D eigenvalue weighted by atomic mass is 35.5. The number of benzene rings is 3. The Morgan fingerprint density at radius 1 is 1.03 bits per heavy atom. The van der Waals surface area contributed by atoms with Crippen molar-refractivity contribution in [3.05, 3.63) is 87.9 Å². The highest BCUT2D eigenvalue weighted by molar-refractivity contribution is 7.90. The van der Waals surface area contributed by atoms with E-state index in [9.17, 15) is 18.0 Å². The van der Waals surface area contributed by atoms with E-state index in [0.29, 0.717) is 10.7 Å². The van der Waals surface area contributed by atoms with Crippen LogP contribution >= 0.6 is 23.2 Å². The van der Waals surface area contributed by atoms with Gasteiger partial charge in [0.05, 0.1) is 26.9 Å². The molecule has 1 aliphatic rings. The molecule has 0 aliphatic carbocycles. The van der Waals surface area contributed by atoms with E-state index in [-0.39, 0.29) is 27.6 Å². The van der Waals surface area contributed by atoms with E-state index in [1.807, 2.05) is 30.3 Å². The lowest BCUT2D eigenvalue weighted by Crippen LogP contribution is -2.52. The average Bonchev–Trinajstić information content (AvgIpc) is 2.73. The lowest BCUT2D eigenvalue weighted by Gasteiger charge is -2.37. The van der Waals surface area contributed by atoms with Gasteiger partial charge in [0.25, 0.3) is 5.91 Å². The number of hydrogen-bond donors (Lipinski definition) is 1. The van der Waals surface area contributed by atoms with Crippen molar-refractivity contribution in [3.63, 3.8) is 0 Å². The molecule has 2 amide bonds. The molecule has 0 saturated heterocycles. The van der Waals surface area contributed by atoms with E-state index in [0.717, 1.165) is 11.8 Å². The zero-order chi connectivity index (χ0) is 23.0. The van der Waals surface area contributed by atoms with Crippen molar-refractivity contribution in [2.75, 3.05) is 16.5 Å². The van der Waals surface area contributed by atoms with Crippen LogP contribution in [0.1, 0.15) is 15.9 Å². The van der Waals surface area contributed by atoms with Gasteiger partial charge >= 0.3 is 0 Å². The number of hydrogen-bond acceptors (Lipinski definition) is 4. The monoisotopic (exact) mass is 488 g/mol. The van der Waals surface area contributed by atoms with Gasteiger partial charge in [0.1, 0.15) is 6.04 Å². The van der Waals surface area contributed by atoms with Crippen LogP contribution in [0, 0.1) is 0 Å². The van der Waals surface area contributed by atoms with Crippen LogP contribution in [0.5, 0.6) is 0 Å². The number of anilines is 2. The number of halogens is 2. The van der Waals surface area contributed by atoms with Gasteiger partial charge in [0.2, 0.25) is 5.91 Å². The van der Waals surface area contributed by atoms with Crippen molar-refractivity contribution in [2.24, 2.45) is 0 Å². The van der Waals surface area contributed by atoms with Gasteiger partial charge in [-0.15, -0.1) is 0 Å². The minimum absolute atomic E-state index is 0.0370. The first-order valence-corrected chi connectivity index (χ1v) is 12.3. The second kappa shape index (κ2) is 8.58. The third-order valence-corrected chi connectivity index (χ3v) is 6.84. The highest BCUT2D eigenvalue weighted by Crippen LogP contribution is 2.37. The van der Waals surface area contributed by atoms with Crippen LogP contribution in [0.4, 0.5) is 11.4 Å². The lowest BCUT2D eigenvalue weighted by atomic mass is 9.99. The fourth-order valence-electron chi connectivity index (χ4n) is 3.62. The summed E-state index contributed by atoms with van der Waals surface area (Å²) in [7, 11) is -3.51. The molecule has 164 valence electrons. The molecule has 6 nitrogen and oxygen atoms in total. The molecule has 32 heavy (non-hydrogen) atoms. The maximum absolute atomic E-state index is 13.6. The fourth-order valence-corrected chi connectivity index (χ4v) is 4.76. The first kappa shape index (κ1) is 22.3. The van der Waals surface area contributed by atoms with E-state index in [4.69, 9.17) is 23.2 Å².